The van der Waals surface area contributed by atoms with Crippen molar-refractivity contribution < 1.29 is 22.6 Å². The third kappa shape index (κ3) is 8.32. The fraction of sp³-hybridized carbons (Fsp3) is 0.407. The van der Waals surface area contributed by atoms with Gasteiger partial charge in [0.2, 0.25) is 5.95 Å². The van der Waals surface area contributed by atoms with E-state index < -0.39 is 11.7 Å². The fourth-order valence-electron chi connectivity index (χ4n) is 3.38. The molecule has 0 unspecified atom stereocenters. The van der Waals surface area contributed by atoms with Crippen molar-refractivity contribution in [2.24, 2.45) is 0 Å². The molecule has 194 valence electrons. The number of aromatic nitrogens is 2. The van der Waals surface area contributed by atoms with Gasteiger partial charge in [0.15, 0.2) is 0 Å². The fourth-order valence-corrected chi connectivity index (χ4v) is 3.38. The number of halogens is 3. The summed E-state index contributed by atoms with van der Waals surface area (Å²) in [5.74, 6) is 0.853. The molecule has 6 nitrogen and oxygen atoms in total. The highest BCUT2D eigenvalue weighted by atomic mass is 19.4. The van der Waals surface area contributed by atoms with Crippen LogP contribution >= 0.6 is 0 Å². The number of hydrogen-bond donors (Lipinski definition) is 2. The Morgan fingerprint density at radius 1 is 0.806 bits per heavy atom. The van der Waals surface area contributed by atoms with Crippen molar-refractivity contribution >= 4 is 23.1 Å². The molecule has 3 aromatic rings. The van der Waals surface area contributed by atoms with Crippen LogP contribution in [0.15, 0.2) is 54.7 Å². The lowest BCUT2D eigenvalue weighted by atomic mass is 10.2. The van der Waals surface area contributed by atoms with Gasteiger partial charge in [-0.1, -0.05) is 51.7 Å². The zero-order valence-electron chi connectivity index (χ0n) is 20.7. The van der Waals surface area contributed by atoms with E-state index in [9.17, 15) is 13.2 Å². The minimum atomic E-state index is -4.63. The Kier molecular flexibility index (Phi) is 10.2. The molecule has 2 N–H and O–H groups in total. The summed E-state index contributed by atoms with van der Waals surface area (Å²) in [6.45, 7) is 5.31. The normalized spacial score (nSPS) is 11.2. The smallest absolute Gasteiger partial charge is 0.421 e. The Bertz CT molecular complexity index is 1080. The zero-order chi connectivity index (χ0) is 25.8. The Hall–Kier alpha value is -3.49. The molecular formula is C27H33F3N4O2. The van der Waals surface area contributed by atoms with Crippen molar-refractivity contribution in [2.75, 3.05) is 23.8 Å². The van der Waals surface area contributed by atoms with E-state index in [2.05, 4.69) is 27.5 Å². The van der Waals surface area contributed by atoms with Crippen molar-refractivity contribution in [1.82, 2.24) is 9.97 Å². The predicted molar refractivity (Wildman–Crippen MR) is 137 cm³/mol. The van der Waals surface area contributed by atoms with Crippen LogP contribution in [0.25, 0.3) is 0 Å². The number of benzene rings is 2. The van der Waals surface area contributed by atoms with E-state index in [1.54, 1.807) is 48.5 Å². The summed E-state index contributed by atoms with van der Waals surface area (Å²) >= 11 is 0. The van der Waals surface area contributed by atoms with Crippen LogP contribution in [0.4, 0.5) is 36.3 Å². The third-order valence-corrected chi connectivity index (χ3v) is 5.37. The summed E-state index contributed by atoms with van der Waals surface area (Å²) in [5.41, 5.74) is 0.0507. The van der Waals surface area contributed by atoms with Gasteiger partial charge < -0.3 is 20.1 Å². The minimum absolute atomic E-state index is 0.0307. The maximum atomic E-state index is 13.7. The van der Waals surface area contributed by atoms with Gasteiger partial charge in [0.05, 0.1) is 18.9 Å². The van der Waals surface area contributed by atoms with Gasteiger partial charge in [0.1, 0.15) is 22.9 Å². The number of ether oxygens (including phenoxy) is 2. The van der Waals surface area contributed by atoms with E-state index in [1.807, 2.05) is 6.92 Å². The van der Waals surface area contributed by atoms with Crippen LogP contribution in [0.1, 0.15) is 57.9 Å². The van der Waals surface area contributed by atoms with Crippen molar-refractivity contribution in [3.05, 3.63) is 60.3 Å². The SMILES string of the molecule is CCCCCCOc1ccc(Nc2ncc(C(F)(F)F)c(Nc3ccccc3OCCCC)n2)cc1. The highest BCUT2D eigenvalue weighted by Crippen LogP contribution is 2.37. The first-order valence-electron chi connectivity index (χ1n) is 12.3. The number of hydrogen-bond acceptors (Lipinski definition) is 6. The van der Waals surface area contributed by atoms with E-state index in [0.29, 0.717) is 30.3 Å². The average molecular weight is 503 g/mol. The van der Waals surface area contributed by atoms with Gasteiger partial charge >= 0.3 is 6.18 Å². The van der Waals surface area contributed by atoms with E-state index in [4.69, 9.17) is 9.47 Å². The van der Waals surface area contributed by atoms with Crippen molar-refractivity contribution in [3.8, 4) is 11.5 Å². The quantitative estimate of drug-likeness (QED) is 0.217. The van der Waals surface area contributed by atoms with Gasteiger partial charge in [0.25, 0.3) is 0 Å². The molecular weight excluding hydrogens is 469 g/mol. The van der Waals surface area contributed by atoms with Crippen LogP contribution in [0.5, 0.6) is 11.5 Å². The number of para-hydroxylation sites is 2. The molecule has 0 spiro atoms. The predicted octanol–water partition coefficient (Wildman–Crippen LogP) is 8.12. The molecule has 0 amide bonds. The number of anilines is 4. The van der Waals surface area contributed by atoms with Gasteiger partial charge in [-0.05, 0) is 49.2 Å². The molecule has 1 heterocycles. The van der Waals surface area contributed by atoms with E-state index >= 15 is 0 Å². The Labute approximate surface area is 210 Å². The summed E-state index contributed by atoms with van der Waals surface area (Å²) < 4.78 is 52.5. The van der Waals surface area contributed by atoms with E-state index in [1.165, 1.54) is 12.8 Å². The van der Waals surface area contributed by atoms with Gasteiger partial charge in [-0.3, -0.25) is 0 Å². The van der Waals surface area contributed by atoms with Crippen LogP contribution in [-0.4, -0.2) is 23.2 Å². The van der Waals surface area contributed by atoms with Crippen LogP contribution in [0.3, 0.4) is 0 Å². The van der Waals surface area contributed by atoms with Gasteiger partial charge in [-0.15, -0.1) is 0 Å². The lowest BCUT2D eigenvalue weighted by Gasteiger charge is -2.17. The molecule has 3 rings (SSSR count). The molecule has 0 aliphatic carbocycles. The molecule has 36 heavy (non-hydrogen) atoms. The molecule has 0 atom stereocenters. The highest BCUT2D eigenvalue weighted by molar-refractivity contribution is 5.67. The number of unbranched alkanes of at least 4 members (excludes halogenated alkanes) is 4. The van der Waals surface area contributed by atoms with Gasteiger partial charge in [0, 0.05) is 11.9 Å². The first-order chi connectivity index (χ1) is 17.4. The Balaban J connectivity index is 1.74. The standard InChI is InChI=1S/C27H33F3N4O2/c1-3-5-7-10-18-35-21-15-13-20(14-16-21)32-26-31-19-22(27(28,29)30)25(34-26)33-23-11-8-9-12-24(23)36-17-6-4-2/h8-9,11-16,19H,3-7,10,17-18H2,1-2H3,(H2,31,32,33,34). The molecule has 1 aromatic heterocycles. The largest absolute Gasteiger partial charge is 0.494 e. The lowest BCUT2D eigenvalue weighted by molar-refractivity contribution is -0.137. The number of nitrogens with zero attached hydrogens (tertiary/aromatic N) is 2. The maximum absolute atomic E-state index is 13.7. The second-order valence-corrected chi connectivity index (χ2v) is 8.34. The number of rotatable bonds is 14. The maximum Gasteiger partial charge on any atom is 0.421 e. The topological polar surface area (TPSA) is 68.3 Å². The minimum Gasteiger partial charge on any atom is -0.494 e. The molecule has 0 radical (unpaired) electrons. The summed E-state index contributed by atoms with van der Waals surface area (Å²) in [6, 6.07) is 14.0. The van der Waals surface area contributed by atoms with Gasteiger partial charge in [-0.25, -0.2) is 4.98 Å². The number of alkyl halides is 3. The first-order valence-corrected chi connectivity index (χ1v) is 12.3. The summed E-state index contributed by atoms with van der Waals surface area (Å²) in [6.07, 6.45) is 2.41. The van der Waals surface area contributed by atoms with Crippen molar-refractivity contribution in [1.29, 1.82) is 0 Å². The summed E-state index contributed by atoms with van der Waals surface area (Å²) in [5, 5.41) is 5.75. The van der Waals surface area contributed by atoms with Crippen LogP contribution in [0, 0.1) is 0 Å². The molecule has 2 aromatic carbocycles. The molecule has 0 fully saturated rings. The second kappa shape index (κ2) is 13.6. The van der Waals surface area contributed by atoms with E-state index in [0.717, 1.165) is 37.6 Å². The van der Waals surface area contributed by atoms with Gasteiger partial charge in [-0.2, -0.15) is 18.2 Å². The van der Waals surface area contributed by atoms with E-state index in [-0.39, 0.29) is 11.8 Å². The molecule has 0 saturated heterocycles. The number of nitrogens with one attached hydrogen (secondary N) is 2. The highest BCUT2D eigenvalue weighted by Gasteiger charge is 2.35. The Morgan fingerprint density at radius 2 is 1.53 bits per heavy atom. The van der Waals surface area contributed by atoms with Crippen LogP contribution in [0.2, 0.25) is 0 Å². The molecule has 0 aliphatic rings. The molecule has 0 bridgehead atoms. The first kappa shape index (κ1) is 27.1. The lowest BCUT2D eigenvalue weighted by Crippen LogP contribution is -2.13. The monoisotopic (exact) mass is 502 g/mol. The average Bonchev–Trinajstić information content (AvgIpc) is 2.85. The van der Waals surface area contributed by atoms with Crippen molar-refractivity contribution in [2.45, 2.75) is 58.5 Å². The third-order valence-electron chi connectivity index (χ3n) is 5.37. The molecule has 0 aliphatic heterocycles. The summed E-state index contributed by atoms with van der Waals surface area (Å²) in [7, 11) is 0. The summed E-state index contributed by atoms with van der Waals surface area (Å²) in [4.78, 5) is 8.01. The zero-order valence-corrected chi connectivity index (χ0v) is 20.7. The Morgan fingerprint density at radius 3 is 2.25 bits per heavy atom. The van der Waals surface area contributed by atoms with Crippen LogP contribution in [-0.2, 0) is 6.18 Å². The molecule has 0 saturated carbocycles. The van der Waals surface area contributed by atoms with Crippen molar-refractivity contribution in [3.63, 3.8) is 0 Å². The second-order valence-electron chi connectivity index (χ2n) is 8.34. The molecule has 9 heteroatoms. The van der Waals surface area contributed by atoms with Crippen LogP contribution < -0.4 is 20.1 Å².